The zero-order valence-electron chi connectivity index (χ0n) is 37.4. The number of nitrogens with two attached hydrogens (primary N) is 2. The summed E-state index contributed by atoms with van der Waals surface area (Å²) in [5.74, 6) is 2.72. The maximum atomic E-state index is 6.78. The molecule has 0 amide bonds. The van der Waals surface area contributed by atoms with Crippen molar-refractivity contribution in [1.82, 2.24) is 29.9 Å². The van der Waals surface area contributed by atoms with Gasteiger partial charge >= 0.3 is 0 Å². The van der Waals surface area contributed by atoms with Gasteiger partial charge in [-0.25, -0.2) is 9.97 Å². The van der Waals surface area contributed by atoms with Gasteiger partial charge in [0.25, 0.3) is 0 Å². The Hall–Kier alpha value is -5.14. The van der Waals surface area contributed by atoms with Gasteiger partial charge in [0, 0.05) is 83.3 Å². The lowest BCUT2D eigenvalue weighted by molar-refractivity contribution is 0.0223. The lowest BCUT2D eigenvalue weighted by Crippen LogP contribution is -2.35. The summed E-state index contributed by atoms with van der Waals surface area (Å²) in [5.41, 5.74) is 23.5. The molecular weight excluding hydrogens is 777 g/mol. The molecule has 12 heteroatoms. The molecule has 4 aliphatic rings. The topological polar surface area (TPSA) is 166 Å². The van der Waals surface area contributed by atoms with Crippen LogP contribution in [0.5, 0.6) is 11.8 Å². The number of fused-ring (bicyclic) bond motifs is 4. The van der Waals surface area contributed by atoms with E-state index in [-0.39, 0.29) is 24.0 Å². The quantitative estimate of drug-likeness (QED) is 0.135. The molecule has 8 heterocycles. The van der Waals surface area contributed by atoms with E-state index in [1.807, 2.05) is 24.8 Å². The highest BCUT2D eigenvalue weighted by molar-refractivity contribution is 5.91. The summed E-state index contributed by atoms with van der Waals surface area (Å²) in [4.78, 5) is 28.4. The van der Waals surface area contributed by atoms with E-state index in [4.69, 9.17) is 50.4 Å². The standard InChI is InChI=1S/2C25H30N4O2/c2*1-14-15(2)31-13-16-5-8-18(29-23(14)16)9-19-10-20-21(11-27-19)24(30-4)28-12-22(20)25(3,26)17-6-7-17/h2*5,8,10-12,14-15,17H,6-7,9,13,26H2,1-4H3/t14-,15-,25+;14-,15-,25-/m00/s1. The van der Waals surface area contributed by atoms with Gasteiger partial charge in [0.1, 0.15) is 0 Å². The largest absolute Gasteiger partial charge is 0.481 e. The van der Waals surface area contributed by atoms with Gasteiger partial charge in [-0.1, -0.05) is 26.0 Å². The van der Waals surface area contributed by atoms with Crippen molar-refractivity contribution >= 4 is 21.5 Å². The van der Waals surface area contributed by atoms with E-state index in [2.05, 4.69) is 87.9 Å². The van der Waals surface area contributed by atoms with Crippen LogP contribution in [0.2, 0.25) is 0 Å². The number of aromatic nitrogens is 6. The highest BCUT2D eigenvalue weighted by atomic mass is 16.5. The van der Waals surface area contributed by atoms with Crippen LogP contribution >= 0.6 is 0 Å². The second-order valence-electron chi connectivity index (χ2n) is 18.6. The number of ether oxygens (including phenoxy) is 4. The summed E-state index contributed by atoms with van der Waals surface area (Å²) in [6.45, 7) is 14.1. The predicted molar refractivity (Wildman–Crippen MR) is 240 cm³/mol. The molecule has 0 aromatic carbocycles. The second-order valence-corrected chi connectivity index (χ2v) is 18.6. The van der Waals surface area contributed by atoms with E-state index in [1.165, 1.54) is 11.1 Å². The van der Waals surface area contributed by atoms with Gasteiger partial charge in [0.2, 0.25) is 11.8 Å². The molecule has 6 aromatic rings. The molecule has 4 N–H and O–H groups in total. The molecule has 2 fully saturated rings. The molecule has 0 spiro atoms. The Morgan fingerprint density at radius 3 is 1.34 bits per heavy atom. The number of nitrogens with zero attached hydrogens (tertiary/aromatic N) is 6. The average Bonchev–Trinajstić information content (AvgIpc) is 4.20. The minimum atomic E-state index is -0.411. The minimum Gasteiger partial charge on any atom is -0.481 e. The molecule has 12 nitrogen and oxygen atoms in total. The summed E-state index contributed by atoms with van der Waals surface area (Å²) < 4.78 is 22.7. The summed E-state index contributed by atoms with van der Waals surface area (Å²) in [6, 6.07) is 12.7. The number of methoxy groups -OCH3 is 2. The molecule has 62 heavy (non-hydrogen) atoms. The van der Waals surface area contributed by atoms with Crippen LogP contribution < -0.4 is 20.9 Å². The van der Waals surface area contributed by atoms with Crippen molar-refractivity contribution in [1.29, 1.82) is 0 Å². The maximum Gasteiger partial charge on any atom is 0.222 e. The molecule has 10 rings (SSSR count). The first-order chi connectivity index (χ1) is 29.8. The van der Waals surface area contributed by atoms with Crippen LogP contribution in [0.15, 0.2) is 61.2 Å². The molecule has 0 saturated heterocycles. The van der Waals surface area contributed by atoms with Gasteiger partial charge in [0.05, 0.1) is 61.8 Å². The zero-order chi connectivity index (χ0) is 43.5. The molecule has 324 valence electrons. The first-order valence-electron chi connectivity index (χ1n) is 22.2. The normalized spacial score (nSPS) is 22.7. The Morgan fingerprint density at radius 1 is 0.565 bits per heavy atom. The highest BCUT2D eigenvalue weighted by Gasteiger charge is 2.42. The van der Waals surface area contributed by atoms with Gasteiger partial charge in [0.15, 0.2) is 0 Å². The summed E-state index contributed by atoms with van der Waals surface area (Å²) >= 11 is 0. The second kappa shape index (κ2) is 16.5. The Labute approximate surface area is 364 Å². The monoisotopic (exact) mass is 836 g/mol. The van der Waals surface area contributed by atoms with Crippen LogP contribution in [0.4, 0.5) is 0 Å². The Balaban J connectivity index is 0.000000158. The number of hydrogen-bond donors (Lipinski definition) is 2. The van der Waals surface area contributed by atoms with Crippen LogP contribution in [-0.4, -0.2) is 56.3 Å². The van der Waals surface area contributed by atoms with Crippen molar-refractivity contribution in [2.45, 2.75) is 128 Å². The van der Waals surface area contributed by atoms with E-state index in [1.54, 1.807) is 14.2 Å². The van der Waals surface area contributed by atoms with E-state index < -0.39 is 11.1 Å². The molecule has 0 bridgehead atoms. The van der Waals surface area contributed by atoms with Crippen LogP contribution in [0.25, 0.3) is 21.5 Å². The van der Waals surface area contributed by atoms with Crippen LogP contribution in [-0.2, 0) is 46.6 Å². The summed E-state index contributed by atoms with van der Waals surface area (Å²) in [5, 5.41) is 3.95. The fourth-order valence-electron chi connectivity index (χ4n) is 9.36. The Kier molecular flexibility index (Phi) is 11.2. The third kappa shape index (κ3) is 8.02. The molecule has 6 atom stereocenters. The SMILES string of the molecule is COc1ncc([C@@](C)(N)C2CC2)c2cc(Cc3ccc4c(n3)[C@@H](C)[C@H](C)OC4)ncc12.COc1ncc([C@](C)(N)C2CC2)c2cc(Cc3ccc4c(n3)[C@@H](C)[C@H](C)OC4)ncc12. The number of hydrogen-bond acceptors (Lipinski definition) is 12. The Bertz CT molecular complexity index is 2460. The van der Waals surface area contributed by atoms with Crippen molar-refractivity contribution in [2.24, 2.45) is 23.3 Å². The fraction of sp³-hybridized carbons (Fsp3) is 0.480. The van der Waals surface area contributed by atoms with Crippen LogP contribution in [0.1, 0.15) is 135 Å². The van der Waals surface area contributed by atoms with Crippen LogP contribution in [0.3, 0.4) is 0 Å². The van der Waals surface area contributed by atoms with Crippen molar-refractivity contribution in [3.8, 4) is 11.8 Å². The van der Waals surface area contributed by atoms with Gasteiger partial charge in [-0.15, -0.1) is 0 Å². The third-order valence-corrected chi connectivity index (χ3v) is 14.1. The van der Waals surface area contributed by atoms with Crippen molar-refractivity contribution in [2.75, 3.05) is 14.2 Å². The first-order valence-corrected chi connectivity index (χ1v) is 22.2. The van der Waals surface area contributed by atoms with Gasteiger partial charge in [-0.3, -0.25) is 19.9 Å². The van der Waals surface area contributed by atoms with Gasteiger partial charge in [-0.05, 0) is 123 Å². The van der Waals surface area contributed by atoms with Gasteiger partial charge < -0.3 is 30.4 Å². The molecule has 2 saturated carbocycles. The predicted octanol–water partition coefficient (Wildman–Crippen LogP) is 8.46. The fourth-order valence-corrected chi connectivity index (χ4v) is 9.36. The lowest BCUT2D eigenvalue weighted by Gasteiger charge is -2.28. The molecule has 6 aromatic heterocycles. The third-order valence-electron chi connectivity index (χ3n) is 14.1. The smallest absolute Gasteiger partial charge is 0.222 e. The Morgan fingerprint density at radius 2 is 0.968 bits per heavy atom. The number of pyridine rings is 6. The van der Waals surface area contributed by atoms with Crippen molar-refractivity contribution in [3.05, 3.63) is 118 Å². The highest BCUT2D eigenvalue weighted by Crippen LogP contribution is 2.47. The summed E-state index contributed by atoms with van der Waals surface area (Å²) in [7, 11) is 3.28. The zero-order valence-corrected chi connectivity index (χ0v) is 37.4. The average molecular weight is 837 g/mol. The van der Waals surface area contributed by atoms with E-state index in [0.717, 1.165) is 92.5 Å². The van der Waals surface area contributed by atoms with E-state index in [9.17, 15) is 0 Å². The number of rotatable bonds is 10. The maximum absolute atomic E-state index is 6.78. The minimum absolute atomic E-state index is 0.182. The van der Waals surface area contributed by atoms with Crippen molar-refractivity contribution in [3.63, 3.8) is 0 Å². The molecule has 2 aliphatic heterocycles. The van der Waals surface area contributed by atoms with Crippen LogP contribution in [0, 0.1) is 11.8 Å². The molecule has 0 unspecified atom stereocenters. The summed E-state index contributed by atoms with van der Waals surface area (Å²) in [6.07, 6.45) is 13.8. The van der Waals surface area contributed by atoms with Crippen molar-refractivity contribution < 1.29 is 18.9 Å². The molecular formula is C50H60N8O4. The first kappa shape index (κ1) is 42.2. The molecule has 2 aliphatic carbocycles. The van der Waals surface area contributed by atoms with E-state index >= 15 is 0 Å². The van der Waals surface area contributed by atoms with E-state index in [0.29, 0.717) is 49.7 Å². The van der Waals surface area contributed by atoms with Gasteiger partial charge in [-0.2, -0.15) is 0 Å². The lowest BCUT2D eigenvalue weighted by atomic mass is 9.86. The molecule has 0 radical (unpaired) electrons.